The molecule has 9 heteroatoms. The highest BCUT2D eigenvalue weighted by molar-refractivity contribution is 6.00. The van der Waals surface area contributed by atoms with E-state index >= 15 is 0 Å². The van der Waals surface area contributed by atoms with Crippen molar-refractivity contribution < 1.29 is 28.6 Å². The molecule has 0 atom stereocenters. The minimum absolute atomic E-state index is 0.00368. The Hall–Kier alpha value is -2.58. The summed E-state index contributed by atoms with van der Waals surface area (Å²) in [5.74, 6) is -0.652. The fourth-order valence-electron chi connectivity index (χ4n) is 1.87. The van der Waals surface area contributed by atoms with E-state index in [2.05, 4.69) is 11.6 Å². The Bertz CT molecular complexity index is 602. The predicted octanol–water partition coefficient (Wildman–Crippen LogP) is 3.20. The Labute approximate surface area is 167 Å². The molecule has 0 aromatic rings. The molecular formula is C19H33N3O6. The van der Waals surface area contributed by atoms with Gasteiger partial charge in [-0.25, -0.2) is 14.5 Å². The van der Waals surface area contributed by atoms with Gasteiger partial charge in [-0.3, -0.25) is 4.79 Å². The van der Waals surface area contributed by atoms with E-state index in [1.807, 2.05) is 0 Å². The van der Waals surface area contributed by atoms with Gasteiger partial charge in [0.05, 0.1) is 6.61 Å². The van der Waals surface area contributed by atoms with E-state index in [4.69, 9.17) is 14.2 Å². The fraction of sp³-hybridized carbons (Fsp3) is 0.684. The smallest absolute Gasteiger partial charge is 0.437 e. The number of rotatable bonds is 5. The maximum Gasteiger partial charge on any atom is 0.437 e. The van der Waals surface area contributed by atoms with E-state index in [1.54, 1.807) is 48.5 Å². The van der Waals surface area contributed by atoms with Crippen molar-refractivity contribution in [3.63, 3.8) is 0 Å². The van der Waals surface area contributed by atoms with E-state index in [0.717, 1.165) is 4.90 Å². The van der Waals surface area contributed by atoms with Gasteiger partial charge in [0.2, 0.25) is 5.96 Å². The molecular weight excluding hydrogens is 366 g/mol. The molecule has 0 aliphatic heterocycles. The summed E-state index contributed by atoms with van der Waals surface area (Å²) in [6, 6.07) is 0. The first-order valence-electron chi connectivity index (χ1n) is 9.00. The molecule has 0 aliphatic rings. The number of nitrogens with zero attached hydrogens (tertiary/aromatic N) is 3. The van der Waals surface area contributed by atoms with E-state index in [0.29, 0.717) is 0 Å². The maximum atomic E-state index is 12.7. The minimum atomic E-state index is -0.907. The molecule has 0 aliphatic carbocycles. The van der Waals surface area contributed by atoms with Crippen LogP contribution in [0.5, 0.6) is 0 Å². The van der Waals surface area contributed by atoms with Crippen molar-refractivity contribution in [3.8, 4) is 0 Å². The van der Waals surface area contributed by atoms with Crippen LogP contribution in [0.1, 0.15) is 48.5 Å². The molecule has 0 radical (unpaired) electrons. The van der Waals surface area contributed by atoms with E-state index < -0.39 is 29.4 Å². The molecule has 0 bridgehead atoms. The van der Waals surface area contributed by atoms with Crippen LogP contribution in [0.2, 0.25) is 0 Å². The van der Waals surface area contributed by atoms with Gasteiger partial charge in [-0.1, -0.05) is 6.08 Å². The van der Waals surface area contributed by atoms with Crippen molar-refractivity contribution in [2.45, 2.75) is 59.7 Å². The number of likely N-dealkylation sites (N-methyl/N-ethyl adjacent to an activating group) is 1. The molecule has 0 aromatic carbocycles. The third-order valence-corrected chi connectivity index (χ3v) is 2.76. The number of amides is 2. The van der Waals surface area contributed by atoms with Gasteiger partial charge in [-0.15, -0.1) is 11.6 Å². The van der Waals surface area contributed by atoms with Crippen molar-refractivity contribution in [1.82, 2.24) is 9.80 Å². The van der Waals surface area contributed by atoms with E-state index in [-0.39, 0.29) is 25.7 Å². The first kappa shape index (κ1) is 25.4. The summed E-state index contributed by atoms with van der Waals surface area (Å²) in [6.07, 6.45) is -0.200. The molecule has 0 aromatic heterocycles. The van der Waals surface area contributed by atoms with Crippen LogP contribution < -0.4 is 0 Å². The molecule has 160 valence electrons. The molecule has 28 heavy (non-hydrogen) atoms. The van der Waals surface area contributed by atoms with E-state index in [9.17, 15) is 14.4 Å². The summed E-state index contributed by atoms with van der Waals surface area (Å²) in [7, 11) is 1.50. The molecule has 0 unspecified atom stereocenters. The largest absolute Gasteiger partial charge is 0.465 e. The fourth-order valence-corrected chi connectivity index (χ4v) is 1.87. The highest BCUT2D eigenvalue weighted by Gasteiger charge is 2.29. The summed E-state index contributed by atoms with van der Waals surface area (Å²) in [5.41, 5.74) is -1.55. The Morgan fingerprint density at radius 2 is 1.57 bits per heavy atom. The predicted molar refractivity (Wildman–Crippen MR) is 106 cm³/mol. The summed E-state index contributed by atoms with van der Waals surface area (Å²) in [5, 5.41) is 0. The van der Waals surface area contributed by atoms with Gasteiger partial charge in [0, 0.05) is 13.6 Å². The van der Waals surface area contributed by atoms with Gasteiger partial charge in [-0.2, -0.15) is 0 Å². The van der Waals surface area contributed by atoms with Crippen LogP contribution in [0.4, 0.5) is 9.59 Å². The number of guanidine groups is 1. The molecule has 9 nitrogen and oxygen atoms in total. The quantitative estimate of drug-likeness (QED) is 0.230. The van der Waals surface area contributed by atoms with Gasteiger partial charge in [-0.05, 0) is 48.5 Å². The lowest BCUT2D eigenvalue weighted by Gasteiger charge is -2.31. The first-order chi connectivity index (χ1) is 12.7. The second-order valence-corrected chi connectivity index (χ2v) is 7.93. The Balaban J connectivity index is 5.92. The Kier molecular flexibility index (Phi) is 9.69. The van der Waals surface area contributed by atoms with Crippen LogP contribution in [-0.4, -0.2) is 71.9 Å². The lowest BCUT2D eigenvalue weighted by Crippen LogP contribution is -2.49. The van der Waals surface area contributed by atoms with Crippen LogP contribution in [-0.2, 0) is 19.0 Å². The summed E-state index contributed by atoms with van der Waals surface area (Å²) < 4.78 is 15.5. The molecule has 0 heterocycles. The Morgan fingerprint density at radius 3 is 2.00 bits per heavy atom. The van der Waals surface area contributed by atoms with E-state index in [1.165, 1.54) is 18.0 Å². The zero-order valence-electron chi connectivity index (χ0n) is 18.2. The van der Waals surface area contributed by atoms with Crippen LogP contribution >= 0.6 is 0 Å². The molecule has 0 saturated heterocycles. The molecule has 0 spiro atoms. The number of ether oxygens (including phenoxy) is 3. The summed E-state index contributed by atoms with van der Waals surface area (Å²) in [4.78, 5) is 43.1. The number of carbonyl (C=O) groups is 3. The minimum Gasteiger partial charge on any atom is -0.465 e. The summed E-state index contributed by atoms with van der Waals surface area (Å²) in [6.45, 7) is 15.5. The zero-order valence-corrected chi connectivity index (χ0v) is 18.2. The lowest BCUT2D eigenvalue weighted by atomic mass is 10.2. The van der Waals surface area contributed by atoms with Gasteiger partial charge >= 0.3 is 18.2 Å². The molecule has 2 amide bonds. The van der Waals surface area contributed by atoms with Crippen LogP contribution in [0, 0.1) is 0 Å². The highest BCUT2D eigenvalue weighted by Crippen LogP contribution is 2.13. The SMILES string of the molecule is C=CCN(C(=O)OC(C)(C)C)/C(=N/C(=O)OC(C)(C)C)N(C)CC(=O)OCC. The van der Waals surface area contributed by atoms with Gasteiger partial charge in [0.15, 0.2) is 0 Å². The van der Waals surface area contributed by atoms with Crippen molar-refractivity contribution >= 4 is 24.1 Å². The second kappa shape index (κ2) is 10.7. The third-order valence-electron chi connectivity index (χ3n) is 2.76. The van der Waals surface area contributed by atoms with Crippen molar-refractivity contribution in [1.29, 1.82) is 0 Å². The maximum absolute atomic E-state index is 12.7. The number of hydrogen-bond donors (Lipinski definition) is 0. The second-order valence-electron chi connectivity index (χ2n) is 7.93. The normalized spacial score (nSPS) is 12.1. The van der Waals surface area contributed by atoms with Gasteiger partial charge in [0.1, 0.15) is 17.7 Å². The van der Waals surface area contributed by atoms with Crippen LogP contribution in [0.15, 0.2) is 17.6 Å². The van der Waals surface area contributed by atoms with Gasteiger partial charge < -0.3 is 19.1 Å². The lowest BCUT2D eigenvalue weighted by molar-refractivity contribution is -0.143. The van der Waals surface area contributed by atoms with Gasteiger partial charge in [0.25, 0.3) is 0 Å². The van der Waals surface area contributed by atoms with Crippen LogP contribution in [0.3, 0.4) is 0 Å². The number of esters is 1. The Morgan fingerprint density at radius 1 is 1.04 bits per heavy atom. The average Bonchev–Trinajstić information content (AvgIpc) is 2.47. The van der Waals surface area contributed by atoms with Crippen molar-refractivity contribution in [2.75, 3.05) is 26.7 Å². The molecule has 0 fully saturated rings. The zero-order chi connectivity index (χ0) is 22.1. The first-order valence-corrected chi connectivity index (χ1v) is 9.00. The average molecular weight is 399 g/mol. The standard InChI is InChI=1S/C19H33N3O6/c1-10-12-22(17(25)28-19(6,7)8)15(20-16(24)27-18(3,4)5)21(9)13-14(23)26-11-2/h10H,1,11-13H2,2-9H3/b20-15+. The molecule has 0 rings (SSSR count). The molecule has 0 N–H and O–H groups in total. The third kappa shape index (κ3) is 10.5. The topological polar surface area (TPSA) is 97.7 Å². The van der Waals surface area contributed by atoms with Crippen molar-refractivity contribution in [3.05, 3.63) is 12.7 Å². The highest BCUT2D eigenvalue weighted by atomic mass is 16.6. The molecule has 0 saturated carbocycles. The van der Waals surface area contributed by atoms with Crippen LogP contribution in [0.25, 0.3) is 0 Å². The number of aliphatic imine (C=N–C) groups is 1. The number of hydrogen-bond acceptors (Lipinski definition) is 6. The summed E-state index contributed by atoms with van der Waals surface area (Å²) >= 11 is 0. The monoisotopic (exact) mass is 399 g/mol. The van der Waals surface area contributed by atoms with Crippen molar-refractivity contribution in [2.24, 2.45) is 4.99 Å². The number of carbonyl (C=O) groups excluding carboxylic acids is 3.